The molecule has 2 aromatic carbocycles. The van der Waals surface area contributed by atoms with Crippen LogP contribution < -0.4 is 10.4 Å². The molecule has 0 amide bonds. The maximum absolute atomic E-state index is 12.5. The van der Waals surface area contributed by atoms with Crippen molar-refractivity contribution in [3.05, 3.63) is 56.9 Å². The molecule has 1 aromatic heterocycles. The standard InChI is InChI=1S/C15H13Cl2N3O3S/c1-19-12-6-4-10(8-13(12)20(2)15(19)21)18-24(22,23)14-7-9(16)3-5-11(14)17/h3-8,18H,1-2H3. The lowest BCUT2D eigenvalue weighted by molar-refractivity contribution is 0.601. The van der Waals surface area contributed by atoms with Crippen LogP contribution in [-0.2, 0) is 24.1 Å². The molecular formula is C15H13Cl2N3O3S. The SMILES string of the molecule is Cn1c(=O)n(C)c2cc(NS(=O)(=O)c3cc(Cl)ccc3Cl)ccc21. The van der Waals surface area contributed by atoms with Crippen LogP contribution in [0.1, 0.15) is 0 Å². The molecule has 0 saturated heterocycles. The van der Waals surface area contributed by atoms with Gasteiger partial charge >= 0.3 is 5.69 Å². The van der Waals surface area contributed by atoms with E-state index in [0.717, 1.165) is 0 Å². The number of nitrogens with one attached hydrogen (secondary N) is 1. The Morgan fingerprint density at radius 2 is 1.62 bits per heavy atom. The number of hydrogen-bond donors (Lipinski definition) is 1. The van der Waals surface area contributed by atoms with Crippen LogP contribution in [0.2, 0.25) is 10.0 Å². The van der Waals surface area contributed by atoms with E-state index in [9.17, 15) is 13.2 Å². The molecule has 6 nitrogen and oxygen atoms in total. The van der Waals surface area contributed by atoms with E-state index in [-0.39, 0.29) is 20.6 Å². The molecule has 1 heterocycles. The molecule has 9 heteroatoms. The molecule has 1 N–H and O–H groups in total. The fourth-order valence-electron chi connectivity index (χ4n) is 2.46. The van der Waals surface area contributed by atoms with Gasteiger partial charge in [-0.1, -0.05) is 23.2 Å². The summed E-state index contributed by atoms with van der Waals surface area (Å²) in [5.41, 5.74) is 1.44. The van der Waals surface area contributed by atoms with Crippen molar-refractivity contribution in [1.82, 2.24) is 9.13 Å². The number of benzene rings is 2. The number of rotatable bonds is 3. The molecule has 0 aliphatic heterocycles. The molecule has 0 fully saturated rings. The summed E-state index contributed by atoms with van der Waals surface area (Å²) < 4.78 is 30.5. The lowest BCUT2D eigenvalue weighted by Crippen LogP contribution is -2.19. The fraction of sp³-hybridized carbons (Fsp3) is 0.133. The van der Waals surface area contributed by atoms with Gasteiger partial charge in [-0.15, -0.1) is 0 Å². The lowest BCUT2D eigenvalue weighted by Gasteiger charge is -2.10. The van der Waals surface area contributed by atoms with Crippen LogP contribution >= 0.6 is 23.2 Å². The topological polar surface area (TPSA) is 73.1 Å². The Hall–Kier alpha value is -1.96. The molecule has 24 heavy (non-hydrogen) atoms. The normalized spacial score (nSPS) is 11.8. The molecule has 0 unspecified atom stereocenters. The zero-order chi connectivity index (χ0) is 17.6. The summed E-state index contributed by atoms with van der Waals surface area (Å²) in [6.45, 7) is 0. The van der Waals surface area contributed by atoms with Crippen LogP contribution in [0.5, 0.6) is 0 Å². The highest BCUT2D eigenvalue weighted by Crippen LogP contribution is 2.27. The number of nitrogens with zero attached hydrogens (tertiary/aromatic N) is 2. The highest BCUT2D eigenvalue weighted by Gasteiger charge is 2.19. The van der Waals surface area contributed by atoms with Crippen molar-refractivity contribution in [3.63, 3.8) is 0 Å². The van der Waals surface area contributed by atoms with Crippen LogP contribution in [0.15, 0.2) is 46.1 Å². The van der Waals surface area contributed by atoms with Gasteiger partial charge in [-0.25, -0.2) is 13.2 Å². The molecule has 0 saturated carbocycles. The van der Waals surface area contributed by atoms with Crippen molar-refractivity contribution in [2.75, 3.05) is 4.72 Å². The Morgan fingerprint density at radius 3 is 2.33 bits per heavy atom. The van der Waals surface area contributed by atoms with Gasteiger partial charge in [0.05, 0.1) is 21.7 Å². The monoisotopic (exact) mass is 385 g/mol. The maximum Gasteiger partial charge on any atom is 0.328 e. The highest BCUT2D eigenvalue weighted by molar-refractivity contribution is 7.92. The van der Waals surface area contributed by atoms with Crippen molar-refractivity contribution in [2.45, 2.75) is 4.90 Å². The molecule has 126 valence electrons. The minimum Gasteiger partial charge on any atom is -0.295 e. The molecule has 0 radical (unpaired) electrons. The van der Waals surface area contributed by atoms with Crippen molar-refractivity contribution >= 4 is 49.9 Å². The smallest absolute Gasteiger partial charge is 0.295 e. The predicted octanol–water partition coefficient (Wildman–Crippen LogP) is 2.98. The number of fused-ring (bicyclic) bond motifs is 1. The van der Waals surface area contributed by atoms with Gasteiger partial charge in [-0.2, -0.15) is 0 Å². The summed E-state index contributed by atoms with van der Waals surface area (Å²) in [5.74, 6) is 0. The highest BCUT2D eigenvalue weighted by atomic mass is 35.5. The van der Waals surface area contributed by atoms with Gasteiger partial charge in [0.15, 0.2) is 0 Å². The van der Waals surface area contributed by atoms with Crippen LogP contribution in [-0.4, -0.2) is 17.6 Å². The van der Waals surface area contributed by atoms with Crippen LogP contribution in [0, 0.1) is 0 Å². The van der Waals surface area contributed by atoms with Crippen molar-refractivity contribution in [3.8, 4) is 0 Å². The average molecular weight is 386 g/mol. The predicted molar refractivity (Wildman–Crippen MR) is 95.4 cm³/mol. The number of anilines is 1. The van der Waals surface area contributed by atoms with E-state index in [0.29, 0.717) is 16.7 Å². The van der Waals surface area contributed by atoms with Crippen molar-refractivity contribution in [1.29, 1.82) is 0 Å². The summed E-state index contributed by atoms with van der Waals surface area (Å²) in [6, 6.07) is 9.05. The first-order valence-electron chi connectivity index (χ1n) is 6.84. The van der Waals surface area contributed by atoms with Crippen LogP contribution in [0.3, 0.4) is 0 Å². The number of hydrogen-bond acceptors (Lipinski definition) is 3. The quantitative estimate of drug-likeness (QED) is 0.752. The van der Waals surface area contributed by atoms with E-state index in [4.69, 9.17) is 23.2 Å². The Morgan fingerprint density at radius 1 is 0.958 bits per heavy atom. The average Bonchev–Trinajstić information content (AvgIpc) is 2.74. The second-order valence-electron chi connectivity index (χ2n) is 5.28. The van der Waals surface area contributed by atoms with Crippen molar-refractivity contribution < 1.29 is 8.42 Å². The molecule has 0 bridgehead atoms. The zero-order valence-corrected chi connectivity index (χ0v) is 15.1. The van der Waals surface area contributed by atoms with Gasteiger partial charge in [-0.3, -0.25) is 13.9 Å². The first-order valence-corrected chi connectivity index (χ1v) is 9.08. The largest absolute Gasteiger partial charge is 0.328 e. The Kier molecular flexibility index (Phi) is 4.11. The van der Waals surface area contributed by atoms with Crippen molar-refractivity contribution in [2.24, 2.45) is 14.1 Å². The Balaban J connectivity index is 2.07. The summed E-state index contributed by atoms with van der Waals surface area (Å²) in [6.07, 6.45) is 0. The third-order valence-electron chi connectivity index (χ3n) is 3.71. The van der Waals surface area contributed by atoms with Crippen LogP contribution in [0.25, 0.3) is 11.0 Å². The van der Waals surface area contributed by atoms with Gasteiger partial charge in [-0.05, 0) is 36.4 Å². The molecule has 0 aliphatic carbocycles. The maximum atomic E-state index is 12.5. The lowest BCUT2D eigenvalue weighted by atomic mass is 10.3. The summed E-state index contributed by atoms with van der Waals surface area (Å²) in [5, 5.41) is 0.334. The molecule has 3 rings (SSSR count). The number of halogens is 2. The third-order valence-corrected chi connectivity index (χ3v) is 5.80. The summed E-state index contributed by atoms with van der Waals surface area (Å²) in [4.78, 5) is 11.8. The van der Waals surface area contributed by atoms with E-state index >= 15 is 0 Å². The van der Waals surface area contributed by atoms with Gasteiger partial charge in [0.25, 0.3) is 10.0 Å². The van der Waals surface area contributed by atoms with Gasteiger partial charge in [0, 0.05) is 19.1 Å². The van der Waals surface area contributed by atoms with Gasteiger partial charge in [0.1, 0.15) is 4.90 Å². The van der Waals surface area contributed by atoms with E-state index in [1.807, 2.05) is 0 Å². The number of aryl methyl sites for hydroxylation is 2. The van der Waals surface area contributed by atoms with E-state index in [2.05, 4.69) is 4.72 Å². The van der Waals surface area contributed by atoms with Crippen LogP contribution in [0.4, 0.5) is 5.69 Å². The van der Waals surface area contributed by atoms with Gasteiger partial charge < -0.3 is 0 Å². The van der Waals surface area contributed by atoms with E-state index in [1.54, 1.807) is 32.3 Å². The fourth-order valence-corrected chi connectivity index (χ4v) is 4.28. The Bertz CT molecular complexity index is 1120. The second-order valence-corrected chi connectivity index (χ2v) is 7.78. The number of imidazole rings is 1. The van der Waals surface area contributed by atoms with E-state index < -0.39 is 10.0 Å². The third kappa shape index (κ3) is 2.79. The number of sulfonamides is 1. The minimum absolute atomic E-state index is 0.0695. The Labute approximate surface area is 148 Å². The van der Waals surface area contributed by atoms with Gasteiger partial charge in [0.2, 0.25) is 0 Å². The van der Waals surface area contributed by atoms with E-state index in [1.165, 1.54) is 27.3 Å². The second kappa shape index (κ2) is 5.84. The molecular weight excluding hydrogens is 373 g/mol. The first-order chi connectivity index (χ1) is 11.2. The summed E-state index contributed by atoms with van der Waals surface area (Å²) in [7, 11) is -0.637. The zero-order valence-electron chi connectivity index (χ0n) is 12.7. The molecule has 3 aromatic rings. The molecule has 0 aliphatic rings. The molecule has 0 spiro atoms. The minimum atomic E-state index is -3.91. The summed E-state index contributed by atoms with van der Waals surface area (Å²) >= 11 is 11.8. The molecule has 0 atom stereocenters. The first kappa shape index (κ1) is 16.9. The number of aromatic nitrogens is 2.